The summed E-state index contributed by atoms with van der Waals surface area (Å²) in [5, 5.41) is 2.66. The molecule has 0 aliphatic carbocycles. The van der Waals surface area contributed by atoms with Gasteiger partial charge in [-0.25, -0.2) is 21.1 Å². The molecule has 1 amide bonds. The van der Waals surface area contributed by atoms with Crippen LogP contribution in [-0.4, -0.2) is 47.4 Å². The first kappa shape index (κ1) is 20.1. The topological polar surface area (TPSA) is 101 Å². The van der Waals surface area contributed by atoms with Crippen molar-refractivity contribution in [2.24, 2.45) is 0 Å². The molecule has 2 aromatic rings. The number of benzene rings is 2. The summed E-state index contributed by atoms with van der Waals surface area (Å²) in [7, 11) is -3.85. The van der Waals surface area contributed by atoms with Gasteiger partial charge in [0.2, 0.25) is 10.0 Å². The van der Waals surface area contributed by atoms with Crippen molar-refractivity contribution in [3.05, 3.63) is 59.7 Å². The van der Waals surface area contributed by atoms with Gasteiger partial charge in [-0.2, -0.15) is 0 Å². The van der Waals surface area contributed by atoms with Gasteiger partial charge in [0.15, 0.2) is 9.84 Å². The van der Waals surface area contributed by atoms with Crippen LogP contribution in [0, 0.1) is 0 Å². The summed E-state index contributed by atoms with van der Waals surface area (Å²) >= 11 is 0. The molecule has 0 unspecified atom stereocenters. The van der Waals surface area contributed by atoms with Crippen LogP contribution in [-0.2, 0) is 25.6 Å². The Hall–Kier alpha value is -2.23. The average Bonchev–Trinajstić information content (AvgIpc) is 2.54. The molecule has 0 saturated heterocycles. The summed E-state index contributed by atoms with van der Waals surface area (Å²) < 4.78 is 47.9. The van der Waals surface area contributed by atoms with Crippen LogP contribution in [0.3, 0.4) is 0 Å². The van der Waals surface area contributed by atoms with Gasteiger partial charge in [0.05, 0.1) is 10.6 Å². The van der Waals surface area contributed by atoms with Gasteiger partial charge in [0.25, 0.3) is 5.91 Å². The fourth-order valence-electron chi connectivity index (χ4n) is 2.23. The Morgan fingerprint density at radius 2 is 1.62 bits per heavy atom. The number of sulfonamides is 1. The van der Waals surface area contributed by atoms with Crippen molar-refractivity contribution < 1.29 is 21.6 Å². The zero-order chi connectivity index (χ0) is 19.5. The Kier molecular flexibility index (Phi) is 5.84. The lowest BCUT2D eigenvalue weighted by Crippen LogP contribution is -2.22. The maximum atomic E-state index is 12.3. The van der Waals surface area contributed by atoms with Crippen LogP contribution in [0.1, 0.15) is 15.9 Å². The highest BCUT2D eigenvalue weighted by molar-refractivity contribution is 7.90. The molecule has 0 bridgehead atoms. The van der Waals surface area contributed by atoms with E-state index in [2.05, 4.69) is 5.32 Å². The van der Waals surface area contributed by atoms with Crippen LogP contribution >= 0.6 is 0 Å². The van der Waals surface area contributed by atoms with Crippen molar-refractivity contribution in [3.8, 4) is 0 Å². The van der Waals surface area contributed by atoms with Gasteiger partial charge < -0.3 is 5.32 Å². The third-order valence-corrected chi connectivity index (χ3v) is 6.20. The molecule has 0 spiro atoms. The quantitative estimate of drug-likeness (QED) is 0.801. The molecule has 0 fully saturated rings. The number of rotatable bonds is 6. The highest BCUT2D eigenvalue weighted by Crippen LogP contribution is 2.17. The predicted molar refractivity (Wildman–Crippen MR) is 100 cm³/mol. The molecule has 1 N–H and O–H groups in total. The summed E-state index contributed by atoms with van der Waals surface area (Å²) in [6, 6.07) is 12.1. The van der Waals surface area contributed by atoms with E-state index in [9.17, 15) is 21.6 Å². The van der Waals surface area contributed by atoms with Crippen LogP contribution in [0.25, 0.3) is 0 Å². The van der Waals surface area contributed by atoms with E-state index in [1.54, 1.807) is 18.2 Å². The highest BCUT2D eigenvalue weighted by atomic mass is 32.2. The van der Waals surface area contributed by atoms with Gasteiger partial charge in [0, 0.05) is 31.6 Å². The van der Waals surface area contributed by atoms with Crippen molar-refractivity contribution in [1.82, 2.24) is 4.31 Å². The molecule has 26 heavy (non-hydrogen) atoms. The summed E-state index contributed by atoms with van der Waals surface area (Å²) in [4.78, 5) is 12.5. The van der Waals surface area contributed by atoms with E-state index in [-0.39, 0.29) is 10.6 Å². The first-order chi connectivity index (χ1) is 12.0. The minimum Gasteiger partial charge on any atom is -0.322 e. The number of anilines is 1. The van der Waals surface area contributed by atoms with E-state index in [0.29, 0.717) is 16.8 Å². The Labute approximate surface area is 153 Å². The molecule has 0 aliphatic rings. The molecule has 0 saturated carbocycles. The van der Waals surface area contributed by atoms with E-state index >= 15 is 0 Å². The smallest absolute Gasteiger partial charge is 0.255 e. The number of carbonyl (C=O) groups excluding carboxylic acids is 1. The van der Waals surface area contributed by atoms with E-state index in [4.69, 9.17) is 0 Å². The second-order valence-electron chi connectivity index (χ2n) is 6.04. The Balaban J connectivity index is 2.17. The maximum absolute atomic E-state index is 12.3. The first-order valence-electron chi connectivity index (χ1n) is 7.60. The van der Waals surface area contributed by atoms with Crippen LogP contribution in [0.2, 0.25) is 0 Å². The molecule has 7 nitrogen and oxygen atoms in total. The third kappa shape index (κ3) is 5.13. The zero-order valence-electron chi connectivity index (χ0n) is 14.6. The number of sulfone groups is 1. The SMILES string of the molecule is CN(C)S(=O)(=O)c1ccc(NC(=O)c2cccc(CS(C)(=O)=O)c2)cc1. The van der Waals surface area contributed by atoms with Gasteiger partial charge in [-0.15, -0.1) is 0 Å². The third-order valence-electron chi connectivity index (χ3n) is 3.51. The minimum atomic E-state index is -3.53. The summed E-state index contributed by atoms with van der Waals surface area (Å²) in [5.41, 5.74) is 1.27. The normalized spacial score (nSPS) is 12.2. The second kappa shape index (κ2) is 7.56. The molecule has 2 rings (SSSR count). The second-order valence-corrected chi connectivity index (χ2v) is 10.3. The monoisotopic (exact) mass is 396 g/mol. The predicted octanol–water partition coefficient (Wildman–Crippen LogP) is 1.73. The van der Waals surface area contributed by atoms with Crippen LogP contribution in [0.15, 0.2) is 53.4 Å². The number of amides is 1. The number of nitrogens with one attached hydrogen (secondary N) is 1. The first-order valence-corrected chi connectivity index (χ1v) is 11.1. The molecule has 0 atom stereocenters. The fraction of sp³-hybridized carbons (Fsp3) is 0.235. The van der Waals surface area contributed by atoms with Gasteiger partial charge in [-0.1, -0.05) is 12.1 Å². The van der Waals surface area contributed by atoms with Crippen molar-refractivity contribution in [3.63, 3.8) is 0 Å². The maximum Gasteiger partial charge on any atom is 0.255 e. The van der Waals surface area contributed by atoms with E-state index < -0.39 is 25.8 Å². The van der Waals surface area contributed by atoms with E-state index in [0.717, 1.165) is 10.6 Å². The molecule has 9 heteroatoms. The fourth-order valence-corrected chi connectivity index (χ4v) is 3.92. The Morgan fingerprint density at radius 1 is 1.00 bits per heavy atom. The number of carbonyl (C=O) groups is 1. The Morgan fingerprint density at radius 3 is 2.15 bits per heavy atom. The van der Waals surface area contributed by atoms with Crippen molar-refractivity contribution in [2.45, 2.75) is 10.6 Å². The molecule has 0 radical (unpaired) electrons. The lowest BCUT2D eigenvalue weighted by molar-refractivity contribution is 0.102. The highest BCUT2D eigenvalue weighted by Gasteiger charge is 2.17. The van der Waals surface area contributed by atoms with E-state index in [1.807, 2.05) is 0 Å². The number of hydrogen-bond acceptors (Lipinski definition) is 5. The summed E-state index contributed by atoms with van der Waals surface area (Å²) in [5.74, 6) is -0.561. The lowest BCUT2D eigenvalue weighted by Gasteiger charge is -2.12. The average molecular weight is 396 g/mol. The molecule has 0 heterocycles. The van der Waals surface area contributed by atoms with Gasteiger partial charge in [-0.3, -0.25) is 4.79 Å². The van der Waals surface area contributed by atoms with Gasteiger partial charge >= 0.3 is 0 Å². The van der Waals surface area contributed by atoms with Crippen LogP contribution < -0.4 is 5.32 Å². The molecule has 0 aromatic heterocycles. The summed E-state index contributed by atoms with van der Waals surface area (Å²) in [6.45, 7) is 0. The summed E-state index contributed by atoms with van der Waals surface area (Å²) in [6.07, 6.45) is 1.13. The molecule has 0 aliphatic heterocycles. The van der Waals surface area contributed by atoms with Crippen molar-refractivity contribution in [2.75, 3.05) is 25.7 Å². The molecule has 2 aromatic carbocycles. The van der Waals surface area contributed by atoms with Crippen molar-refractivity contribution in [1.29, 1.82) is 0 Å². The largest absolute Gasteiger partial charge is 0.322 e. The van der Waals surface area contributed by atoms with Crippen molar-refractivity contribution >= 4 is 31.5 Å². The Bertz CT molecular complexity index is 1010. The van der Waals surface area contributed by atoms with Crippen LogP contribution in [0.4, 0.5) is 5.69 Å². The van der Waals surface area contributed by atoms with Crippen LogP contribution in [0.5, 0.6) is 0 Å². The van der Waals surface area contributed by atoms with E-state index in [1.165, 1.54) is 44.4 Å². The minimum absolute atomic E-state index is 0.121. The standard InChI is InChI=1S/C17H20N2O5S2/c1-19(2)26(23,24)16-9-7-15(8-10-16)18-17(20)14-6-4-5-13(11-14)12-25(3,21)22/h4-11H,12H2,1-3H3,(H,18,20). The number of nitrogens with zero attached hydrogens (tertiary/aromatic N) is 1. The van der Waals surface area contributed by atoms with Gasteiger partial charge in [0.1, 0.15) is 0 Å². The molecular weight excluding hydrogens is 376 g/mol. The lowest BCUT2D eigenvalue weighted by atomic mass is 10.1. The number of hydrogen-bond donors (Lipinski definition) is 1. The molecular formula is C17H20N2O5S2. The molecule has 140 valence electrons. The zero-order valence-corrected chi connectivity index (χ0v) is 16.3. The van der Waals surface area contributed by atoms with Gasteiger partial charge in [-0.05, 0) is 42.0 Å².